The first-order valence-electron chi connectivity index (χ1n) is 8.16. The molecular formula is C16H31N3O2. The third-order valence-corrected chi connectivity index (χ3v) is 5.00. The predicted octanol–water partition coefficient (Wildman–Crippen LogP) is 3.01. The van der Waals surface area contributed by atoms with Crippen molar-refractivity contribution in [2.24, 2.45) is 22.2 Å². The zero-order chi connectivity index (χ0) is 16.1. The Labute approximate surface area is 128 Å². The summed E-state index contributed by atoms with van der Waals surface area (Å²) in [5, 5.41) is 15.3. The van der Waals surface area contributed by atoms with Gasteiger partial charge in [-0.05, 0) is 38.0 Å². The van der Waals surface area contributed by atoms with Crippen LogP contribution in [0.5, 0.6) is 0 Å². The molecule has 0 heterocycles. The van der Waals surface area contributed by atoms with Crippen molar-refractivity contribution in [1.82, 2.24) is 5.32 Å². The molecule has 0 radical (unpaired) electrons. The number of nitrogens with two attached hydrogens (primary N) is 1. The van der Waals surface area contributed by atoms with Crippen LogP contribution in [0.15, 0.2) is 5.16 Å². The van der Waals surface area contributed by atoms with Gasteiger partial charge >= 0.3 is 0 Å². The van der Waals surface area contributed by atoms with Gasteiger partial charge in [-0.1, -0.05) is 45.7 Å². The molecule has 0 saturated heterocycles. The third-order valence-electron chi connectivity index (χ3n) is 5.00. The molecule has 0 bridgehead atoms. The highest BCUT2D eigenvalue weighted by Gasteiger charge is 2.45. The van der Waals surface area contributed by atoms with Gasteiger partial charge in [0.05, 0.1) is 0 Å². The normalized spacial score (nSPS) is 19.0. The maximum absolute atomic E-state index is 13.0. The standard InChI is InChI=1S/C16H31N3O2/c1-5-16(6-2,13(17)19-21)18-14(20)15(11-12(3)4)9-7-8-10-15/h12,21H,5-11H2,1-4H3,(H2,17,19)(H,18,20). The van der Waals surface area contributed by atoms with E-state index in [1.54, 1.807) is 0 Å². The molecule has 1 fully saturated rings. The Balaban J connectivity index is 2.99. The molecule has 1 aliphatic carbocycles. The number of hydrogen-bond donors (Lipinski definition) is 3. The van der Waals surface area contributed by atoms with Crippen LogP contribution in [0.25, 0.3) is 0 Å². The number of hydrogen-bond acceptors (Lipinski definition) is 3. The van der Waals surface area contributed by atoms with Crippen LogP contribution in [0.3, 0.4) is 0 Å². The average molecular weight is 297 g/mol. The van der Waals surface area contributed by atoms with Crippen molar-refractivity contribution in [1.29, 1.82) is 0 Å². The molecule has 0 spiro atoms. The van der Waals surface area contributed by atoms with Gasteiger partial charge in [-0.25, -0.2) is 0 Å². The van der Waals surface area contributed by atoms with E-state index < -0.39 is 5.54 Å². The summed E-state index contributed by atoms with van der Waals surface area (Å²) in [5.41, 5.74) is 4.83. The predicted molar refractivity (Wildman–Crippen MR) is 85.2 cm³/mol. The molecule has 0 aliphatic heterocycles. The number of nitrogens with one attached hydrogen (secondary N) is 1. The Morgan fingerprint density at radius 2 is 1.86 bits per heavy atom. The largest absolute Gasteiger partial charge is 0.409 e. The summed E-state index contributed by atoms with van der Waals surface area (Å²) in [5.74, 6) is 0.651. The highest BCUT2D eigenvalue weighted by atomic mass is 16.4. The Morgan fingerprint density at radius 1 is 1.33 bits per heavy atom. The number of carbonyl (C=O) groups is 1. The van der Waals surface area contributed by atoms with Crippen LogP contribution in [-0.4, -0.2) is 22.5 Å². The van der Waals surface area contributed by atoms with Gasteiger partial charge in [0.15, 0.2) is 5.84 Å². The van der Waals surface area contributed by atoms with E-state index in [2.05, 4.69) is 24.3 Å². The fraction of sp³-hybridized carbons (Fsp3) is 0.875. The minimum Gasteiger partial charge on any atom is -0.409 e. The van der Waals surface area contributed by atoms with E-state index in [4.69, 9.17) is 10.9 Å². The van der Waals surface area contributed by atoms with Gasteiger partial charge < -0.3 is 16.3 Å². The van der Waals surface area contributed by atoms with E-state index in [1.165, 1.54) is 0 Å². The highest BCUT2D eigenvalue weighted by molar-refractivity contribution is 5.95. The molecular weight excluding hydrogens is 266 g/mol. The summed E-state index contributed by atoms with van der Waals surface area (Å²) in [6, 6.07) is 0. The monoisotopic (exact) mass is 297 g/mol. The summed E-state index contributed by atoms with van der Waals surface area (Å²) in [6.07, 6.45) is 6.22. The fourth-order valence-corrected chi connectivity index (χ4v) is 3.66. The van der Waals surface area contributed by atoms with E-state index >= 15 is 0 Å². The zero-order valence-electron chi connectivity index (χ0n) is 13.9. The van der Waals surface area contributed by atoms with Gasteiger partial charge in [0.1, 0.15) is 5.54 Å². The molecule has 122 valence electrons. The minimum atomic E-state index is -0.738. The Kier molecular flexibility index (Phi) is 6.05. The molecule has 5 heteroatoms. The van der Waals surface area contributed by atoms with Crippen molar-refractivity contribution >= 4 is 11.7 Å². The van der Waals surface area contributed by atoms with Gasteiger partial charge in [-0.3, -0.25) is 4.79 Å². The van der Waals surface area contributed by atoms with Gasteiger partial charge in [0.25, 0.3) is 0 Å². The van der Waals surface area contributed by atoms with E-state index in [1.807, 2.05) is 13.8 Å². The minimum absolute atomic E-state index is 0.0731. The molecule has 0 atom stereocenters. The Morgan fingerprint density at radius 3 is 2.24 bits per heavy atom. The second-order valence-corrected chi connectivity index (χ2v) is 6.81. The number of nitrogens with zero attached hydrogens (tertiary/aromatic N) is 1. The molecule has 1 amide bonds. The summed E-state index contributed by atoms with van der Waals surface area (Å²) in [7, 11) is 0. The quantitative estimate of drug-likeness (QED) is 0.292. The van der Waals surface area contributed by atoms with Crippen LogP contribution in [0, 0.1) is 11.3 Å². The lowest BCUT2D eigenvalue weighted by atomic mass is 9.76. The van der Waals surface area contributed by atoms with Gasteiger partial charge in [-0.2, -0.15) is 0 Å². The molecule has 4 N–H and O–H groups in total. The van der Waals surface area contributed by atoms with Crippen molar-refractivity contribution < 1.29 is 10.0 Å². The lowest BCUT2D eigenvalue weighted by Gasteiger charge is -2.37. The maximum Gasteiger partial charge on any atom is 0.227 e. The number of carbonyl (C=O) groups excluding carboxylic acids is 1. The third kappa shape index (κ3) is 3.69. The SMILES string of the molecule is CCC(CC)(NC(=O)C1(CC(C)C)CCCC1)C(N)=NO. The number of amides is 1. The van der Waals surface area contributed by atoms with E-state index in [-0.39, 0.29) is 17.2 Å². The van der Waals surface area contributed by atoms with Crippen molar-refractivity contribution in [2.75, 3.05) is 0 Å². The van der Waals surface area contributed by atoms with Gasteiger partial charge in [-0.15, -0.1) is 0 Å². The Bertz CT molecular complexity index is 381. The lowest BCUT2D eigenvalue weighted by Crippen LogP contribution is -2.59. The number of rotatable bonds is 7. The molecule has 1 saturated carbocycles. The van der Waals surface area contributed by atoms with Crippen LogP contribution in [0.2, 0.25) is 0 Å². The molecule has 5 nitrogen and oxygen atoms in total. The first-order chi connectivity index (χ1) is 9.85. The van der Waals surface area contributed by atoms with Crippen LogP contribution in [-0.2, 0) is 4.79 Å². The Hall–Kier alpha value is -1.26. The molecule has 0 unspecified atom stereocenters. The number of oxime groups is 1. The second kappa shape index (κ2) is 7.14. The van der Waals surface area contributed by atoms with Crippen LogP contribution < -0.4 is 11.1 Å². The first kappa shape index (κ1) is 17.8. The van der Waals surface area contributed by atoms with Crippen LogP contribution in [0.4, 0.5) is 0 Å². The number of amidine groups is 1. The van der Waals surface area contributed by atoms with Crippen LogP contribution >= 0.6 is 0 Å². The summed E-state index contributed by atoms with van der Waals surface area (Å²) < 4.78 is 0. The molecule has 1 aliphatic rings. The first-order valence-corrected chi connectivity index (χ1v) is 8.16. The molecule has 0 aromatic heterocycles. The second-order valence-electron chi connectivity index (χ2n) is 6.81. The van der Waals surface area contributed by atoms with E-state index in [0.29, 0.717) is 18.8 Å². The average Bonchev–Trinajstić information content (AvgIpc) is 2.92. The van der Waals surface area contributed by atoms with Crippen LogP contribution in [0.1, 0.15) is 72.6 Å². The molecule has 1 rings (SSSR count). The van der Waals surface area contributed by atoms with Crippen molar-refractivity contribution in [2.45, 2.75) is 78.2 Å². The summed E-state index contributed by atoms with van der Waals surface area (Å²) in [4.78, 5) is 13.0. The molecule has 0 aromatic carbocycles. The summed E-state index contributed by atoms with van der Waals surface area (Å²) in [6.45, 7) is 8.21. The molecule has 21 heavy (non-hydrogen) atoms. The fourth-order valence-electron chi connectivity index (χ4n) is 3.66. The topological polar surface area (TPSA) is 87.7 Å². The highest BCUT2D eigenvalue weighted by Crippen LogP contribution is 2.44. The van der Waals surface area contributed by atoms with Crippen molar-refractivity contribution in [3.05, 3.63) is 0 Å². The zero-order valence-corrected chi connectivity index (χ0v) is 13.9. The van der Waals surface area contributed by atoms with Gasteiger partial charge in [0, 0.05) is 5.41 Å². The molecule has 0 aromatic rings. The van der Waals surface area contributed by atoms with Gasteiger partial charge in [0.2, 0.25) is 5.91 Å². The van der Waals surface area contributed by atoms with Crippen molar-refractivity contribution in [3.63, 3.8) is 0 Å². The van der Waals surface area contributed by atoms with E-state index in [9.17, 15) is 4.79 Å². The van der Waals surface area contributed by atoms with E-state index in [0.717, 1.165) is 32.1 Å². The summed E-state index contributed by atoms with van der Waals surface area (Å²) >= 11 is 0. The van der Waals surface area contributed by atoms with Crippen molar-refractivity contribution in [3.8, 4) is 0 Å². The lowest BCUT2D eigenvalue weighted by molar-refractivity contribution is -0.133. The smallest absolute Gasteiger partial charge is 0.227 e. The maximum atomic E-state index is 13.0.